The van der Waals surface area contributed by atoms with Crippen LogP contribution >= 0.6 is 0 Å². The first kappa shape index (κ1) is 24.4. The summed E-state index contributed by atoms with van der Waals surface area (Å²) in [5, 5.41) is 23.4. The molecule has 1 amide bonds. The van der Waals surface area contributed by atoms with Crippen molar-refractivity contribution in [1.29, 1.82) is 0 Å². The Morgan fingerprint density at radius 3 is 2.54 bits per heavy atom. The topological polar surface area (TPSA) is 92.0 Å². The largest absolute Gasteiger partial charge is 0.497 e. The van der Waals surface area contributed by atoms with Crippen molar-refractivity contribution in [2.45, 2.75) is 12.5 Å². The second-order valence-electron chi connectivity index (χ2n) is 8.72. The van der Waals surface area contributed by atoms with Crippen LogP contribution in [-0.4, -0.2) is 58.3 Å². The van der Waals surface area contributed by atoms with Crippen LogP contribution in [0.3, 0.4) is 0 Å². The molecule has 1 atom stereocenters. The van der Waals surface area contributed by atoms with Gasteiger partial charge in [-0.2, -0.15) is 10.2 Å². The average Bonchev–Trinajstić information content (AvgIpc) is 3.60. The average molecular weight is 496 g/mol. The number of amides is 1. The summed E-state index contributed by atoms with van der Waals surface area (Å²) in [6.45, 7) is 0.370. The van der Waals surface area contributed by atoms with Crippen LogP contribution in [0.5, 0.6) is 5.75 Å². The molecule has 0 bridgehead atoms. The molecule has 8 nitrogen and oxygen atoms in total. The lowest BCUT2D eigenvalue weighted by molar-refractivity contribution is -0.132. The molecule has 37 heavy (non-hydrogen) atoms. The minimum Gasteiger partial charge on any atom is -0.497 e. The third kappa shape index (κ3) is 5.30. The van der Waals surface area contributed by atoms with E-state index in [-0.39, 0.29) is 25.1 Å². The number of aromatic nitrogens is 2. The molecule has 1 aromatic heterocycles. The summed E-state index contributed by atoms with van der Waals surface area (Å²) >= 11 is 0. The number of carbonyl (C=O) groups excluding carboxylic acids is 1. The number of hydrazone groups is 1. The Morgan fingerprint density at radius 1 is 1.05 bits per heavy atom. The number of hydrogen-bond acceptors (Lipinski definition) is 6. The van der Waals surface area contributed by atoms with Crippen molar-refractivity contribution < 1.29 is 14.6 Å². The zero-order valence-corrected chi connectivity index (χ0v) is 20.6. The van der Waals surface area contributed by atoms with Crippen LogP contribution in [0.4, 0.5) is 0 Å². The molecule has 0 saturated carbocycles. The molecule has 0 radical (unpaired) electrons. The minimum atomic E-state index is -0.294. The van der Waals surface area contributed by atoms with Gasteiger partial charge in [-0.1, -0.05) is 60.7 Å². The number of ether oxygens (including phenoxy) is 1. The number of nitrogens with zero attached hydrogens (tertiary/aromatic N) is 4. The van der Waals surface area contributed by atoms with Crippen LogP contribution in [0.2, 0.25) is 0 Å². The zero-order chi connectivity index (χ0) is 25.6. The first-order chi connectivity index (χ1) is 18.2. The molecule has 0 spiro atoms. The van der Waals surface area contributed by atoms with Gasteiger partial charge in [-0.25, -0.2) is 9.69 Å². The molecule has 4 aromatic rings. The number of carbonyl (C=O) groups is 1. The van der Waals surface area contributed by atoms with E-state index in [2.05, 4.69) is 5.32 Å². The van der Waals surface area contributed by atoms with Gasteiger partial charge >= 0.3 is 0 Å². The Hall–Kier alpha value is -4.27. The molecule has 0 fully saturated rings. The fraction of sp³-hybridized carbons (Fsp3) is 0.207. The molecule has 2 N–H and O–H groups in total. The fourth-order valence-corrected chi connectivity index (χ4v) is 4.47. The van der Waals surface area contributed by atoms with Gasteiger partial charge in [-0.05, 0) is 29.8 Å². The fourth-order valence-electron chi connectivity index (χ4n) is 4.47. The number of para-hydroxylation sites is 1. The van der Waals surface area contributed by atoms with Crippen molar-refractivity contribution in [3.8, 4) is 22.7 Å². The summed E-state index contributed by atoms with van der Waals surface area (Å²) in [6, 6.07) is 27.4. The third-order valence-corrected chi connectivity index (χ3v) is 6.30. The summed E-state index contributed by atoms with van der Waals surface area (Å²) in [6.07, 6.45) is 2.51. The van der Waals surface area contributed by atoms with Crippen LogP contribution in [-0.2, 0) is 4.79 Å². The van der Waals surface area contributed by atoms with E-state index in [1.54, 1.807) is 12.1 Å². The molecule has 0 aliphatic carbocycles. The first-order valence-corrected chi connectivity index (χ1v) is 12.2. The van der Waals surface area contributed by atoms with Crippen molar-refractivity contribution >= 4 is 11.6 Å². The van der Waals surface area contributed by atoms with Crippen molar-refractivity contribution in [2.24, 2.45) is 5.10 Å². The summed E-state index contributed by atoms with van der Waals surface area (Å²) in [5.74, 6) is 0.548. The van der Waals surface area contributed by atoms with Crippen LogP contribution in [0.15, 0.2) is 96.2 Å². The van der Waals surface area contributed by atoms with E-state index < -0.39 is 0 Å². The van der Waals surface area contributed by atoms with Crippen LogP contribution in [0.25, 0.3) is 16.9 Å². The second kappa shape index (κ2) is 11.2. The van der Waals surface area contributed by atoms with Crippen LogP contribution < -0.4 is 10.1 Å². The Labute approximate surface area is 215 Å². The molecule has 0 unspecified atom stereocenters. The number of hydrogen-bond donors (Lipinski definition) is 2. The highest BCUT2D eigenvalue weighted by Crippen LogP contribution is 2.36. The van der Waals surface area contributed by atoms with Crippen LogP contribution in [0.1, 0.15) is 23.6 Å². The van der Waals surface area contributed by atoms with Gasteiger partial charge in [0, 0.05) is 30.3 Å². The molecule has 0 saturated heterocycles. The van der Waals surface area contributed by atoms with E-state index in [0.717, 1.165) is 39.5 Å². The molecule has 5 rings (SSSR count). The monoisotopic (exact) mass is 495 g/mol. The highest BCUT2D eigenvalue weighted by Gasteiger charge is 2.34. The first-order valence-electron chi connectivity index (χ1n) is 12.2. The highest BCUT2D eigenvalue weighted by atomic mass is 16.5. The Morgan fingerprint density at radius 2 is 1.81 bits per heavy atom. The Bertz CT molecular complexity index is 1390. The van der Waals surface area contributed by atoms with Gasteiger partial charge in [0.2, 0.25) is 0 Å². The molecule has 8 heteroatoms. The minimum absolute atomic E-state index is 0.0415. The lowest BCUT2D eigenvalue weighted by Gasteiger charge is -2.22. The summed E-state index contributed by atoms with van der Waals surface area (Å²) in [5.41, 5.74) is 5.31. The van der Waals surface area contributed by atoms with E-state index in [9.17, 15) is 4.79 Å². The van der Waals surface area contributed by atoms with E-state index in [1.165, 1.54) is 0 Å². The molecule has 1 aliphatic rings. The molecule has 188 valence electrons. The highest BCUT2D eigenvalue weighted by molar-refractivity contribution is 6.07. The SMILES string of the molecule is COc1cccc([C@H]2CC(c3cn(-c4ccccc4)nc3-c3ccccc3)=NN2C(=O)CNCCO)c1. The maximum atomic E-state index is 13.2. The molecule has 3 aromatic carbocycles. The van der Waals surface area contributed by atoms with E-state index in [0.29, 0.717) is 13.0 Å². The Kier molecular flexibility index (Phi) is 7.39. The maximum absolute atomic E-state index is 13.2. The molecule has 1 aliphatic heterocycles. The van der Waals surface area contributed by atoms with Crippen LogP contribution in [0, 0.1) is 0 Å². The van der Waals surface area contributed by atoms with Crippen molar-refractivity contribution in [3.05, 3.63) is 102 Å². The molecular formula is C29H29N5O3. The third-order valence-electron chi connectivity index (χ3n) is 6.30. The van der Waals surface area contributed by atoms with Gasteiger partial charge < -0.3 is 15.2 Å². The number of methoxy groups -OCH3 is 1. The van der Waals surface area contributed by atoms with Gasteiger partial charge in [0.1, 0.15) is 11.4 Å². The Balaban J connectivity index is 1.57. The number of aliphatic hydroxyl groups is 1. The lowest BCUT2D eigenvalue weighted by atomic mass is 9.97. The molecule has 2 heterocycles. The number of aliphatic hydroxyl groups excluding tert-OH is 1. The van der Waals surface area contributed by atoms with Gasteiger partial charge in [0.15, 0.2) is 0 Å². The maximum Gasteiger partial charge on any atom is 0.257 e. The summed E-state index contributed by atoms with van der Waals surface area (Å²) in [4.78, 5) is 13.2. The normalized spacial score (nSPS) is 15.0. The van der Waals surface area contributed by atoms with E-state index in [1.807, 2.05) is 95.8 Å². The van der Waals surface area contributed by atoms with Crippen molar-refractivity contribution in [1.82, 2.24) is 20.1 Å². The van der Waals surface area contributed by atoms with E-state index in [4.69, 9.17) is 20.0 Å². The summed E-state index contributed by atoms with van der Waals surface area (Å²) < 4.78 is 7.29. The zero-order valence-electron chi connectivity index (χ0n) is 20.6. The van der Waals surface area contributed by atoms with Gasteiger partial charge in [-0.3, -0.25) is 4.79 Å². The summed E-state index contributed by atoms with van der Waals surface area (Å²) in [7, 11) is 1.63. The molecular weight excluding hydrogens is 466 g/mol. The quantitative estimate of drug-likeness (QED) is 0.345. The number of benzene rings is 3. The van der Waals surface area contributed by atoms with Crippen molar-refractivity contribution in [3.63, 3.8) is 0 Å². The lowest BCUT2D eigenvalue weighted by Crippen LogP contribution is -2.36. The smallest absolute Gasteiger partial charge is 0.257 e. The predicted octanol–water partition coefficient (Wildman–Crippen LogP) is 3.81. The van der Waals surface area contributed by atoms with Gasteiger partial charge in [0.25, 0.3) is 5.91 Å². The number of rotatable bonds is 9. The van der Waals surface area contributed by atoms with E-state index >= 15 is 0 Å². The number of nitrogens with one attached hydrogen (secondary N) is 1. The second-order valence-corrected chi connectivity index (χ2v) is 8.72. The standard InChI is InChI=1S/C29H29N5O3/c1-37-24-14-8-11-22(17-24)27-18-26(31-34(27)28(36)19-30-15-16-35)25-20-33(23-12-6-3-7-13-23)32-29(25)21-9-4-2-5-10-21/h2-14,17,20,27,30,35H,15-16,18-19H2,1H3/t27-/m1/s1. The predicted molar refractivity (Wildman–Crippen MR) is 143 cm³/mol. The van der Waals surface area contributed by atoms with Gasteiger partial charge in [0.05, 0.1) is 37.7 Å². The van der Waals surface area contributed by atoms with Gasteiger partial charge in [-0.15, -0.1) is 0 Å². The van der Waals surface area contributed by atoms with Crippen molar-refractivity contribution in [2.75, 3.05) is 26.8 Å².